The average molecular weight is 216 g/mol. The smallest absolute Gasteiger partial charge is 0.122 e. The molecule has 0 aromatic heterocycles. The maximum Gasteiger partial charge on any atom is 0.122 e. The minimum absolute atomic E-state index is 0. The molecular weight excluding hydrogens is 198 g/mol. The Morgan fingerprint density at radius 1 is 1.36 bits per heavy atom. The van der Waals surface area contributed by atoms with Crippen molar-refractivity contribution < 1.29 is 4.74 Å². The lowest BCUT2D eigenvalue weighted by Gasteiger charge is -2.11. The van der Waals surface area contributed by atoms with Crippen LogP contribution in [0.4, 0.5) is 0 Å². The predicted molar refractivity (Wildman–Crippen MR) is 62.2 cm³/mol. The quantitative estimate of drug-likeness (QED) is 0.837. The molecule has 1 aromatic carbocycles. The van der Waals surface area contributed by atoms with Crippen molar-refractivity contribution in [3.05, 3.63) is 29.8 Å². The summed E-state index contributed by atoms with van der Waals surface area (Å²) in [6.07, 6.45) is 1.89. The largest absolute Gasteiger partial charge is 0.496 e. The van der Waals surface area contributed by atoms with Gasteiger partial charge in [0.1, 0.15) is 5.75 Å². The minimum atomic E-state index is 0. The van der Waals surface area contributed by atoms with Crippen molar-refractivity contribution >= 4 is 12.4 Å². The molecule has 1 unspecified atom stereocenters. The van der Waals surface area contributed by atoms with Crippen LogP contribution in [-0.2, 0) is 6.42 Å². The molecule has 14 heavy (non-hydrogen) atoms. The SMILES string of the molecule is CCC(N)Cc1ccccc1OC.Cl. The van der Waals surface area contributed by atoms with Gasteiger partial charge in [-0.2, -0.15) is 0 Å². The van der Waals surface area contributed by atoms with E-state index in [1.807, 2.05) is 18.2 Å². The average Bonchev–Trinajstić information content (AvgIpc) is 2.18. The van der Waals surface area contributed by atoms with Gasteiger partial charge in [0.2, 0.25) is 0 Å². The Labute approximate surface area is 91.9 Å². The molecule has 0 heterocycles. The fourth-order valence-electron chi connectivity index (χ4n) is 1.30. The lowest BCUT2D eigenvalue weighted by Crippen LogP contribution is -2.21. The van der Waals surface area contributed by atoms with Crippen LogP contribution in [0.25, 0.3) is 0 Å². The molecule has 0 spiro atoms. The lowest BCUT2D eigenvalue weighted by molar-refractivity contribution is 0.407. The van der Waals surface area contributed by atoms with Gasteiger partial charge in [0.25, 0.3) is 0 Å². The Bertz CT molecular complexity index is 265. The van der Waals surface area contributed by atoms with Crippen molar-refractivity contribution in [2.75, 3.05) is 7.11 Å². The lowest BCUT2D eigenvalue weighted by atomic mass is 10.0. The molecule has 0 bridgehead atoms. The molecule has 0 radical (unpaired) electrons. The van der Waals surface area contributed by atoms with E-state index in [1.54, 1.807) is 7.11 Å². The van der Waals surface area contributed by atoms with Gasteiger partial charge in [-0.1, -0.05) is 25.1 Å². The van der Waals surface area contributed by atoms with Crippen LogP contribution >= 0.6 is 12.4 Å². The third-order valence-corrected chi connectivity index (χ3v) is 2.20. The molecule has 0 aliphatic rings. The molecule has 0 amide bonds. The van der Waals surface area contributed by atoms with Gasteiger partial charge in [-0.25, -0.2) is 0 Å². The predicted octanol–water partition coefficient (Wildman–Crippen LogP) is 2.40. The summed E-state index contributed by atoms with van der Waals surface area (Å²) in [7, 11) is 1.69. The summed E-state index contributed by atoms with van der Waals surface area (Å²) in [5.41, 5.74) is 7.07. The standard InChI is InChI=1S/C11H17NO.ClH/c1-3-10(12)8-9-6-4-5-7-11(9)13-2;/h4-7,10H,3,8,12H2,1-2H3;1H. The van der Waals surface area contributed by atoms with Gasteiger partial charge in [-0.3, -0.25) is 0 Å². The van der Waals surface area contributed by atoms with Crippen molar-refractivity contribution in [1.82, 2.24) is 0 Å². The Kier molecular flexibility index (Phi) is 6.34. The maximum atomic E-state index is 5.87. The first-order chi connectivity index (χ1) is 6.27. The Morgan fingerprint density at radius 2 is 2.00 bits per heavy atom. The molecule has 2 N–H and O–H groups in total. The summed E-state index contributed by atoms with van der Waals surface area (Å²) >= 11 is 0. The first-order valence-electron chi connectivity index (χ1n) is 4.65. The number of halogens is 1. The molecule has 2 nitrogen and oxygen atoms in total. The number of methoxy groups -OCH3 is 1. The second-order valence-corrected chi connectivity index (χ2v) is 3.18. The van der Waals surface area contributed by atoms with Gasteiger partial charge in [0.15, 0.2) is 0 Å². The first-order valence-corrected chi connectivity index (χ1v) is 4.65. The van der Waals surface area contributed by atoms with Crippen LogP contribution in [0.5, 0.6) is 5.75 Å². The number of para-hydroxylation sites is 1. The molecule has 0 fully saturated rings. The highest BCUT2D eigenvalue weighted by Gasteiger charge is 2.05. The normalized spacial score (nSPS) is 11.6. The highest BCUT2D eigenvalue weighted by Crippen LogP contribution is 2.18. The van der Waals surface area contributed by atoms with E-state index < -0.39 is 0 Å². The van der Waals surface area contributed by atoms with E-state index in [1.165, 1.54) is 5.56 Å². The van der Waals surface area contributed by atoms with Crippen molar-refractivity contribution in [1.29, 1.82) is 0 Å². The molecule has 3 heteroatoms. The Morgan fingerprint density at radius 3 is 2.57 bits per heavy atom. The van der Waals surface area contributed by atoms with E-state index >= 15 is 0 Å². The van der Waals surface area contributed by atoms with E-state index in [4.69, 9.17) is 10.5 Å². The summed E-state index contributed by atoms with van der Waals surface area (Å²) in [5, 5.41) is 0. The topological polar surface area (TPSA) is 35.2 Å². The van der Waals surface area contributed by atoms with Gasteiger partial charge in [-0.15, -0.1) is 12.4 Å². The zero-order valence-corrected chi connectivity index (χ0v) is 9.51. The zero-order valence-electron chi connectivity index (χ0n) is 8.69. The van der Waals surface area contributed by atoms with Crippen LogP contribution in [-0.4, -0.2) is 13.2 Å². The monoisotopic (exact) mass is 215 g/mol. The van der Waals surface area contributed by atoms with Gasteiger partial charge in [0, 0.05) is 6.04 Å². The molecule has 0 aliphatic carbocycles. The zero-order chi connectivity index (χ0) is 9.68. The van der Waals surface area contributed by atoms with Crippen LogP contribution in [0.15, 0.2) is 24.3 Å². The number of nitrogens with two attached hydrogens (primary N) is 1. The summed E-state index contributed by atoms with van der Waals surface area (Å²) in [4.78, 5) is 0. The fraction of sp³-hybridized carbons (Fsp3) is 0.455. The van der Waals surface area contributed by atoms with Crippen molar-refractivity contribution in [2.24, 2.45) is 5.73 Å². The van der Waals surface area contributed by atoms with Crippen molar-refractivity contribution in [2.45, 2.75) is 25.8 Å². The van der Waals surface area contributed by atoms with Crippen LogP contribution in [0.3, 0.4) is 0 Å². The number of hydrogen-bond acceptors (Lipinski definition) is 2. The maximum absolute atomic E-state index is 5.87. The van der Waals surface area contributed by atoms with E-state index in [2.05, 4.69) is 13.0 Å². The molecule has 1 rings (SSSR count). The van der Waals surface area contributed by atoms with E-state index in [0.717, 1.165) is 18.6 Å². The molecule has 0 aliphatic heterocycles. The van der Waals surface area contributed by atoms with Crippen molar-refractivity contribution in [3.8, 4) is 5.75 Å². The number of rotatable bonds is 4. The molecule has 0 saturated carbocycles. The van der Waals surface area contributed by atoms with Crippen molar-refractivity contribution in [3.63, 3.8) is 0 Å². The highest BCUT2D eigenvalue weighted by molar-refractivity contribution is 5.85. The molecule has 0 saturated heterocycles. The first kappa shape index (κ1) is 13.3. The van der Waals surface area contributed by atoms with Gasteiger partial charge < -0.3 is 10.5 Å². The molecule has 1 aromatic rings. The second kappa shape index (κ2) is 6.68. The Hall–Kier alpha value is -0.730. The number of hydrogen-bond donors (Lipinski definition) is 1. The summed E-state index contributed by atoms with van der Waals surface area (Å²) in [6, 6.07) is 8.25. The summed E-state index contributed by atoms with van der Waals surface area (Å²) in [6.45, 7) is 2.10. The summed E-state index contributed by atoms with van der Waals surface area (Å²) < 4.78 is 5.24. The fourth-order valence-corrected chi connectivity index (χ4v) is 1.30. The molecular formula is C11H18ClNO. The van der Waals surface area contributed by atoms with Crippen LogP contribution in [0.1, 0.15) is 18.9 Å². The third kappa shape index (κ3) is 3.56. The van der Waals surface area contributed by atoms with Gasteiger partial charge in [0.05, 0.1) is 7.11 Å². The number of benzene rings is 1. The van der Waals surface area contributed by atoms with E-state index in [0.29, 0.717) is 0 Å². The molecule has 1 atom stereocenters. The van der Waals surface area contributed by atoms with E-state index in [-0.39, 0.29) is 18.4 Å². The third-order valence-electron chi connectivity index (χ3n) is 2.20. The van der Waals surface area contributed by atoms with Gasteiger partial charge >= 0.3 is 0 Å². The highest BCUT2D eigenvalue weighted by atomic mass is 35.5. The van der Waals surface area contributed by atoms with Crippen LogP contribution in [0.2, 0.25) is 0 Å². The van der Waals surface area contributed by atoms with Crippen LogP contribution in [0, 0.1) is 0 Å². The Balaban J connectivity index is 0.00000169. The van der Waals surface area contributed by atoms with E-state index in [9.17, 15) is 0 Å². The number of ether oxygens (including phenoxy) is 1. The second-order valence-electron chi connectivity index (χ2n) is 3.18. The minimum Gasteiger partial charge on any atom is -0.496 e. The van der Waals surface area contributed by atoms with Gasteiger partial charge in [-0.05, 0) is 24.5 Å². The van der Waals surface area contributed by atoms with Crippen LogP contribution < -0.4 is 10.5 Å². The summed E-state index contributed by atoms with van der Waals surface area (Å²) in [5.74, 6) is 0.936. The molecule has 80 valence electrons.